The van der Waals surface area contributed by atoms with Crippen molar-refractivity contribution in [1.82, 2.24) is 19.9 Å². The van der Waals surface area contributed by atoms with E-state index in [1.165, 1.54) is 0 Å². The number of hydrogen-bond acceptors (Lipinski definition) is 7. The zero-order valence-electron chi connectivity index (χ0n) is 16.8. The third-order valence-corrected chi connectivity index (χ3v) is 6.14. The number of benzene rings is 1. The summed E-state index contributed by atoms with van der Waals surface area (Å²) in [5, 5.41) is 3.11. The SMILES string of the molecule is O=C(c1cccc(OCc2cccnc2)c1)N1CCN(c2ncnc3sccc23)CC1. The van der Waals surface area contributed by atoms with Crippen LogP contribution in [0.2, 0.25) is 0 Å². The van der Waals surface area contributed by atoms with Gasteiger partial charge >= 0.3 is 0 Å². The molecule has 0 aliphatic carbocycles. The van der Waals surface area contributed by atoms with E-state index in [2.05, 4.69) is 25.9 Å². The number of carbonyl (C=O) groups is 1. The molecule has 4 heterocycles. The third kappa shape index (κ3) is 4.20. The van der Waals surface area contributed by atoms with Crippen molar-refractivity contribution >= 4 is 33.3 Å². The number of carbonyl (C=O) groups excluding carboxylic acids is 1. The number of amides is 1. The molecule has 156 valence electrons. The van der Waals surface area contributed by atoms with Gasteiger partial charge in [-0.1, -0.05) is 12.1 Å². The van der Waals surface area contributed by atoms with E-state index in [1.54, 1.807) is 30.1 Å². The van der Waals surface area contributed by atoms with Crippen molar-refractivity contribution in [3.63, 3.8) is 0 Å². The first kappa shape index (κ1) is 19.4. The van der Waals surface area contributed by atoms with Crippen molar-refractivity contribution in [2.45, 2.75) is 6.61 Å². The van der Waals surface area contributed by atoms with Crippen LogP contribution >= 0.6 is 11.3 Å². The molecule has 1 fully saturated rings. The molecule has 1 aliphatic heterocycles. The maximum absolute atomic E-state index is 13.1. The quantitative estimate of drug-likeness (QED) is 0.481. The Morgan fingerprint density at radius 3 is 2.81 bits per heavy atom. The third-order valence-electron chi connectivity index (χ3n) is 5.32. The smallest absolute Gasteiger partial charge is 0.254 e. The molecule has 0 spiro atoms. The highest BCUT2D eigenvalue weighted by Crippen LogP contribution is 2.27. The Labute approximate surface area is 184 Å². The van der Waals surface area contributed by atoms with E-state index in [-0.39, 0.29) is 5.91 Å². The minimum absolute atomic E-state index is 0.0230. The van der Waals surface area contributed by atoms with Crippen LogP contribution in [0.25, 0.3) is 10.2 Å². The molecule has 1 aromatic carbocycles. The van der Waals surface area contributed by atoms with Crippen molar-refractivity contribution < 1.29 is 9.53 Å². The maximum atomic E-state index is 13.1. The number of ether oxygens (including phenoxy) is 1. The summed E-state index contributed by atoms with van der Waals surface area (Å²) in [6.07, 6.45) is 5.12. The van der Waals surface area contributed by atoms with Gasteiger partial charge in [-0.05, 0) is 35.7 Å². The van der Waals surface area contributed by atoms with E-state index >= 15 is 0 Å². The van der Waals surface area contributed by atoms with Gasteiger partial charge in [0.15, 0.2) is 0 Å². The van der Waals surface area contributed by atoms with Gasteiger partial charge < -0.3 is 14.5 Å². The summed E-state index contributed by atoms with van der Waals surface area (Å²) >= 11 is 1.61. The molecule has 3 aromatic heterocycles. The van der Waals surface area contributed by atoms with Crippen LogP contribution in [0.15, 0.2) is 66.6 Å². The molecule has 1 aliphatic rings. The highest BCUT2D eigenvalue weighted by atomic mass is 32.1. The molecule has 0 bridgehead atoms. The van der Waals surface area contributed by atoms with Crippen LogP contribution in [0.4, 0.5) is 5.82 Å². The van der Waals surface area contributed by atoms with E-state index in [0.717, 1.165) is 34.7 Å². The Morgan fingerprint density at radius 1 is 1.06 bits per heavy atom. The Bertz CT molecular complexity index is 1190. The molecule has 0 unspecified atom stereocenters. The van der Waals surface area contributed by atoms with Crippen LogP contribution in [0.3, 0.4) is 0 Å². The molecule has 5 rings (SSSR count). The van der Waals surface area contributed by atoms with Crippen molar-refractivity contribution in [3.8, 4) is 5.75 Å². The normalized spacial score (nSPS) is 14.1. The Hall–Kier alpha value is -3.52. The van der Waals surface area contributed by atoms with Gasteiger partial charge in [0.25, 0.3) is 5.91 Å². The molecule has 0 atom stereocenters. The molecule has 1 amide bonds. The molecule has 8 heteroatoms. The molecular formula is C23H21N5O2S. The minimum atomic E-state index is 0.0230. The Kier molecular flexibility index (Phi) is 5.45. The maximum Gasteiger partial charge on any atom is 0.254 e. The number of fused-ring (bicyclic) bond motifs is 1. The Morgan fingerprint density at radius 2 is 1.97 bits per heavy atom. The summed E-state index contributed by atoms with van der Waals surface area (Å²) in [4.78, 5) is 31.1. The second-order valence-corrected chi connectivity index (χ2v) is 8.19. The van der Waals surface area contributed by atoms with Crippen molar-refractivity contribution in [1.29, 1.82) is 0 Å². The number of nitrogens with zero attached hydrogens (tertiary/aromatic N) is 5. The summed E-state index contributed by atoms with van der Waals surface area (Å²) in [6, 6.07) is 13.3. The summed E-state index contributed by atoms with van der Waals surface area (Å²) in [5.41, 5.74) is 1.62. The van der Waals surface area contributed by atoms with E-state index in [4.69, 9.17) is 4.74 Å². The van der Waals surface area contributed by atoms with Crippen molar-refractivity contribution in [2.75, 3.05) is 31.1 Å². The van der Waals surface area contributed by atoms with Crippen LogP contribution < -0.4 is 9.64 Å². The van der Waals surface area contributed by atoms with E-state index in [0.29, 0.717) is 31.0 Å². The topological polar surface area (TPSA) is 71.5 Å². The molecule has 4 aromatic rings. The van der Waals surface area contributed by atoms with Crippen LogP contribution in [-0.4, -0.2) is 51.9 Å². The van der Waals surface area contributed by atoms with Crippen molar-refractivity contribution in [2.24, 2.45) is 0 Å². The van der Waals surface area contributed by atoms with Gasteiger partial charge in [-0.2, -0.15) is 0 Å². The van der Waals surface area contributed by atoms with Gasteiger partial charge in [0.1, 0.15) is 29.3 Å². The molecular weight excluding hydrogens is 410 g/mol. The van der Waals surface area contributed by atoms with Gasteiger partial charge in [-0.15, -0.1) is 11.3 Å². The fraction of sp³-hybridized carbons (Fsp3) is 0.217. The standard InChI is InChI=1S/C23H21N5O2S/c29-23(18-4-1-5-19(13-18)30-15-17-3-2-7-24-14-17)28-10-8-27(9-11-28)21-20-6-12-31-22(20)26-16-25-21/h1-7,12-14,16H,8-11,15H2. The number of pyridine rings is 1. The number of anilines is 1. The second kappa shape index (κ2) is 8.69. The van der Waals surface area contributed by atoms with E-state index in [1.807, 2.05) is 46.7 Å². The summed E-state index contributed by atoms with van der Waals surface area (Å²) < 4.78 is 5.85. The number of thiophene rings is 1. The number of aromatic nitrogens is 3. The minimum Gasteiger partial charge on any atom is -0.489 e. The Balaban J connectivity index is 1.23. The average molecular weight is 432 g/mol. The number of piperazine rings is 1. The molecule has 31 heavy (non-hydrogen) atoms. The summed E-state index contributed by atoms with van der Waals surface area (Å²) in [6.45, 7) is 3.19. The highest BCUT2D eigenvalue weighted by molar-refractivity contribution is 7.16. The highest BCUT2D eigenvalue weighted by Gasteiger charge is 2.24. The lowest BCUT2D eigenvalue weighted by molar-refractivity contribution is 0.0746. The molecule has 0 saturated carbocycles. The average Bonchev–Trinajstić information content (AvgIpc) is 3.32. The van der Waals surface area contributed by atoms with Crippen LogP contribution in [0.5, 0.6) is 5.75 Å². The fourth-order valence-electron chi connectivity index (χ4n) is 3.70. The predicted molar refractivity (Wildman–Crippen MR) is 121 cm³/mol. The van der Waals surface area contributed by atoms with Crippen LogP contribution in [0, 0.1) is 0 Å². The molecule has 7 nitrogen and oxygen atoms in total. The van der Waals surface area contributed by atoms with Gasteiger partial charge in [0.05, 0.1) is 5.39 Å². The van der Waals surface area contributed by atoms with Gasteiger partial charge in [0, 0.05) is 49.7 Å². The van der Waals surface area contributed by atoms with Gasteiger partial charge in [0.2, 0.25) is 0 Å². The van der Waals surface area contributed by atoms with E-state index < -0.39 is 0 Å². The van der Waals surface area contributed by atoms with Crippen LogP contribution in [-0.2, 0) is 6.61 Å². The first-order chi connectivity index (χ1) is 15.3. The summed E-state index contributed by atoms with van der Waals surface area (Å²) in [5.74, 6) is 1.65. The molecule has 0 N–H and O–H groups in total. The number of hydrogen-bond donors (Lipinski definition) is 0. The fourth-order valence-corrected chi connectivity index (χ4v) is 4.43. The van der Waals surface area contributed by atoms with Crippen LogP contribution in [0.1, 0.15) is 15.9 Å². The van der Waals surface area contributed by atoms with Gasteiger partial charge in [-0.25, -0.2) is 9.97 Å². The summed E-state index contributed by atoms with van der Waals surface area (Å²) in [7, 11) is 0. The molecule has 1 saturated heterocycles. The van der Waals surface area contributed by atoms with E-state index in [9.17, 15) is 4.79 Å². The second-order valence-electron chi connectivity index (χ2n) is 7.29. The zero-order valence-corrected chi connectivity index (χ0v) is 17.7. The first-order valence-electron chi connectivity index (χ1n) is 10.1. The first-order valence-corrected chi connectivity index (χ1v) is 11.0. The lowest BCUT2D eigenvalue weighted by atomic mass is 10.1. The largest absolute Gasteiger partial charge is 0.489 e. The monoisotopic (exact) mass is 431 g/mol. The lowest BCUT2D eigenvalue weighted by Crippen LogP contribution is -2.49. The zero-order chi connectivity index (χ0) is 21.0. The lowest BCUT2D eigenvalue weighted by Gasteiger charge is -2.35. The predicted octanol–water partition coefficient (Wildman–Crippen LogP) is 3.63. The molecule has 0 radical (unpaired) electrons. The number of rotatable bonds is 5. The van der Waals surface area contributed by atoms with Crippen molar-refractivity contribution in [3.05, 3.63) is 77.7 Å². The van der Waals surface area contributed by atoms with Gasteiger partial charge in [-0.3, -0.25) is 9.78 Å².